The molecule has 0 aromatic heterocycles. The van der Waals surface area contributed by atoms with E-state index in [9.17, 15) is 13.2 Å². The number of halogens is 4. The average Bonchev–Trinajstić information content (AvgIpc) is 2.74. The van der Waals surface area contributed by atoms with Crippen LogP contribution in [0.2, 0.25) is 0 Å². The van der Waals surface area contributed by atoms with Gasteiger partial charge in [0.05, 0.1) is 6.61 Å². The van der Waals surface area contributed by atoms with Gasteiger partial charge in [0, 0.05) is 52.9 Å². The van der Waals surface area contributed by atoms with Gasteiger partial charge in [-0.15, -0.1) is 24.0 Å². The van der Waals surface area contributed by atoms with Gasteiger partial charge >= 0.3 is 6.18 Å². The number of aliphatic imine (C=N–C) groups is 1. The molecule has 1 aliphatic heterocycles. The summed E-state index contributed by atoms with van der Waals surface area (Å²) >= 11 is 0. The molecule has 1 heterocycles. The van der Waals surface area contributed by atoms with Crippen molar-refractivity contribution in [1.29, 1.82) is 0 Å². The first-order chi connectivity index (χ1) is 14.8. The number of likely N-dealkylation sites (N-methyl/N-ethyl adjacent to an activating group) is 1. The van der Waals surface area contributed by atoms with E-state index in [1.807, 2.05) is 12.1 Å². The van der Waals surface area contributed by atoms with Gasteiger partial charge in [0.15, 0.2) is 5.96 Å². The number of benzene rings is 1. The molecule has 1 atom stereocenters. The molecule has 1 fully saturated rings. The van der Waals surface area contributed by atoms with Crippen molar-refractivity contribution >= 4 is 29.9 Å². The lowest BCUT2D eigenvalue weighted by Crippen LogP contribution is -2.48. The highest BCUT2D eigenvalue weighted by atomic mass is 127. The fraction of sp³-hybridized carbons (Fsp3) is 0.682. The van der Waals surface area contributed by atoms with Crippen LogP contribution >= 0.6 is 24.0 Å². The van der Waals surface area contributed by atoms with E-state index in [2.05, 4.69) is 44.0 Å². The summed E-state index contributed by atoms with van der Waals surface area (Å²) in [4.78, 5) is 9.27. The molecule has 6 nitrogen and oxygen atoms in total. The van der Waals surface area contributed by atoms with Gasteiger partial charge < -0.3 is 25.2 Å². The van der Waals surface area contributed by atoms with Crippen LogP contribution in [0.5, 0.6) is 0 Å². The molecule has 1 aromatic carbocycles. The summed E-state index contributed by atoms with van der Waals surface area (Å²) in [6, 6.07) is 7.32. The number of hydrogen-bond acceptors (Lipinski definition) is 4. The van der Waals surface area contributed by atoms with Gasteiger partial charge in [0.1, 0.15) is 6.61 Å². The highest BCUT2D eigenvalue weighted by Gasteiger charge is 2.27. The van der Waals surface area contributed by atoms with Crippen molar-refractivity contribution in [2.45, 2.75) is 33.2 Å². The zero-order valence-corrected chi connectivity index (χ0v) is 21.6. The second-order valence-corrected chi connectivity index (χ2v) is 8.07. The van der Waals surface area contributed by atoms with Crippen LogP contribution in [0.25, 0.3) is 0 Å². The Hall–Kier alpha value is -1.11. The third-order valence-corrected chi connectivity index (χ3v) is 5.34. The Labute approximate surface area is 207 Å². The van der Waals surface area contributed by atoms with Crippen molar-refractivity contribution in [2.75, 3.05) is 59.5 Å². The van der Waals surface area contributed by atoms with Crippen molar-refractivity contribution in [2.24, 2.45) is 10.9 Å². The fourth-order valence-corrected chi connectivity index (χ4v) is 3.51. The number of hydrogen-bond donors (Lipinski definition) is 2. The lowest BCUT2D eigenvalue weighted by molar-refractivity contribution is -0.176. The number of nitrogens with zero attached hydrogens (tertiary/aromatic N) is 3. The monoisotopic (exact) mass is 571 g/mol. The van der Waals surface area contributed by atoms with Crippen LogP contribution in [0.1, 0.15) is 25.0 Å². The Kier molecular flexibility index (Phi) is 13.5. The van der Waals surface area contributed by atoms with Crippen molar-refractivity contribution in [1.82, 2.24) is 20.4 Å². The highest BCUT2D eigenvalue weighted by molar-refractivity contribution is 14.0. The van der Waals surface area contributed by atoms with Gasteiger partial charge in [-0.3, -0.25) is 4.99 Å². The van der Waals surface area contributed by atoms with Gasteiger partial charge in [-0.25, -0.2) is 0 Å². The van der Waals surface area contributed by atoms with E-state index < -0.39 is 12.8 Å². The Balaban J connectivity index is 0.00000512. The fourth-order valence-electron chi connectivity index (χ4n) is 3.51. The molecular weight excluding hydrogens is 534 g/mol. The first-order valence-corrected chi connectivity index (χ1v) is 10.9. The summed E-state index contributed by atoms with van der Waals surface area (Å²) in [6.07, 6.45) is -4.30. The molecule has 2 rings (SSSR count). The number of alkyl halides is 3. The smallest absolute Gasteiger partial charge is 0.367 e. The van der Waals surface area contributed by atoms with E-state index in [0.717, 1.165) is 57.3 Å². The molecule has 0 spiro atoms. The largest absolute Gasteiger partial charge is 0.411 e. The molecule has 0 aliphatic carbocycles. The lowest BCUT2D eigenvalue weighted by Gasteiger charge is -2.35. The van der Waals surface area contributed by atoms with Crippen LogP contribution in [0, 0.1) is 5.92 Å². The van der Waals surface area contributed by atoms with Crippen LogP contribution in [-0.4, -0.2) is 81.4 Å². The van der Waals surface area contributed by atoms with Crippen molar-refractivity contribution < 1.29 is 17.9 Å². The molecule has 0 saturated carbocycles. The number of ether oxygens (including phenoxy) is 1. The molecule has 184 valence electrons. The topological polar surface area (TPSA) is 52.1 Å². The Morgan fingerprint density at radius 3 is 2.22 bits per heavy atom. The zero-order chi connectivity index (χ0) is 22.7. The quantitative estimate of drug-likeness (QED) is 0.257. The number of guanidine groups is 1. The van der Waals surface area contributed by atoms with Gasteiger partial charge in [0.25, 0.3) is 0 Å². The SMILES string of the molecule is CCN1CCN(CC(C)CNC(=NC)NCc2ccc(COCC(F)(F)F)cc2)CC1.I. The average molecular weight is 571 g/mol. The Morgan fingerprint density at radius 1 is 1.06 bits per heavy atom. The van der Waals surface area contributed by atoms with Crippen LogP contribution in [0.4, 0.5) is 13.2 Å². The van der Waals surface area contributed by atoms with E-state index in [-0.39, 0.29) is 30.6 Å². The maximum absolute atomic E-state index is 12.1. The van der Waals surface area contributed by atoms with E-state index in [0.29, 0.717) is 18.0 Å². The molecule has 1 aliphatic rings. The number of piperazine rings is 1. The lowest BCUT2D eigenvalue weighted by atomic mass is 10.1. The van der Waals surface area contributed by atoms with Crippen LogP contribution in [0.3, 0.4) is 0 Å². The molecule has 1 saturated heterocycles. The summed E-state index contributed by atoms with van der Waals surface area (Å²) in [5, 5.41) is 6.66. The minimum absolute atomic E-state index is 0. The van der Waals surface area contributed by atoms with Gasteiger partial charge in [0.2, 0.25) is 0 Å². The van der Waals surface area contributed by atoms with Crippen molar-refractivity contribution in [3.05, 3.63) is 35.4 Å². The number of nitrogens with one attached hydrogen (secondary N) is 2. The number of rotatable bonds is 10. The maximum atomic E-state index is 12.1. The molecule has 32 heavy (non-hydrogen) atoms. The van der Waals surface area contributed by atoms with Crippen LogP contribution in [0.15, 0.2) is 29.3 Å². The van der Waals surface area contributed by atoms with Gasteiger partial charge in [-0.1, -0.05) is 38.1 Å². The van der Waals surface area contributed by atoms with Crippen molar-refractivity contribution in [3.8, 4) is 0 Å². The summed E-state index contributed by atoms with van der Waals surface area (Å²) in [7, 11) is 1.74. The first kappa shape index (κ1) is 28.9. The standard InChI is InChI=1S/C22H36F3N5O.HI/c1-4-29-9-11-30(12-10-29)15-18(2)13-27-21(26-3)28-14-19-5-7-20(8-6-19)16-31-17-22(23,24)25;/h5-8,18H,4,9-17H2,1-3H3,(H2,26,27,28);1H. The summed E-state index contributed by atoms with van der Waals surface area (Å²) in [5.41, 5.74) is 1.73. The predicted molar refractivity (Wildman–Crippen MR) is 133 cm³/mol. The minimum Gasteiger partial charge on any atom is -0.367 e. The molecular formula is C22H37F3IN5O. The molecule has 2 N–H and O–H groups in total. The minimum atomic E-state index is -4.30. The summed E-state index contributed by atoms with van der Waals surface area (Å²) in [6.45, 7) is 11.3. The van der Waals surface area contributed by atoms with E-state index in [4.69, 9.17) is 0 Å². The van der Waals surface area contributed by atoms with Crippen molar-refractivity contribution in [3.63, 3.8) is 0 Å². The summed E-state index contributed by atoms with van der Waals surface area (Å²) < 4.78 is 41.1. The molecule has 0 amide bonds. The second-order valence-electron chi connectivity index (χ2n) is 8.07. The van der Waals surface area contributed by atoms with Crippen LogP contribution < -0.4 is 10.6 Å². The normalized spacial score (nSPS) is 17.0. The molecule has 10 heteroatoms. The highest BCUT2D eigenvalue weighted by Crippen LogP contribution is 2.15. The zero-order valence-electron chi connectivity index (χ0n) is 19.2. The first-order valence-electron chi connectivity index (χ1n) is 10.9. The maximum Gasteiger partial charge on any atom is 0.411 e. The molecule has 1 aromatic rings. The second kappa shape index (κ2) is 14.9. The van der Waals surface area contributed by atoms with Crippen LogP contribution in [-0.2, 0) is 17.9 Å². The van der Waals surface area contributed by atoms with Gasteiger partial charge in [-0.05, 0) is 23.6 Å². The molecule has 1 unspecified atom stereocenters. The molecule has 0 bridgehead atoms. The van der Waals surface area contributed by atoms with E-state index >= 15 is 0 Å². The van der Waals surface area contributed by atoms with E-state index in [1.54, 1.807) is 19.2 Å². The predicted octanol–water partition coefficient (Wildman–Crippen LogP) is 3.32. The summed E-state index contributed by atoms with van der Waals surface area (Å²) in [5.74, 6) is 1.24. The Bertz CT molecular complexity index is 665. The Morgan fingerprint density at radius 2 is 1.66 bits per heavy atom. The third kappa shape index (κ3) is 11.7. The van der Waals surface area contributed by atoms with Gasteiger partial charge in [-0.2, -0.15) is 13.2 Å². The molecule has 0 radical (unpaired) electrons. The third-order valence-electron chi connectivity index (χ3n) is 5.34. The van der Waals surface area contributed by atoms with E-state index in [1.165, 1.54) is 0 Å².